The van der Waals surface area contributed by atoms with Crippen molar-refractivity contribution >= 4 is 21.4 Å². The molecule has 128 valence electrons. The van der Waals surface area contributed by atoms with Crippen molar-refractivity contribution in [2.75, 3.05) is 29.9 Å². The summed E-state index contributed by atoms with van der Waals surface area (Å²) < 4.78 is 23.0. The lowest BCUT2D eigenvalue weighted by Crippen LogP contribution is -2.44. The lowest BCUT2D eigenvalue weighted by molar-refractivity contribution is 0.0769. The molecule has 0 spiro atoms. The summed E-state index contributed by atoms with van der Waals surface area (Å²) in [6.07, 6.45) is 0. The van der Waals surface area contributed by atoms with Gasteiger partial charge in [-0.3, -0.25) is 4.79 Å². The second-order valence-corrected chi connectivity index (χ2v) is 8.90. The van der Waals surface area contributed by atoms with Gasteiger partial charge in [0.1, 0.15) is 0 Å². The number of hydrogen-bond acceptors (Lipinski definition) is 4. The summed E-state index contributed by atoms with van der Waals surface area (Å²) in [6.45, 7) is 8.91. The van der Waals surface area contributed by atoms with Crippen LogP contribution in [-0.4, -0.2) is 49.9 Å². The van der Waals surface area contributed by atoms with Crippen LogP contribution in [0.3, 0.4) is 0 Å². The van der Waals surface area contributed by atoms with Crippen LogP contribution >= 0.6 is 0 Å². The summed E-state index contributed by atoms with van der Waals surface area (Å²) in [5.41, 5.74) is 2.52. The molecular weight excluding hydrogens is 312 g/mol. The van der Waals surface area contributed by atoms with Crippen molar-refractivity contribution < 1.29 is 13.2 Å². The van der Waals surface area contributed by atoms with Crippen molar-refractivity contribution in [2.24, 2.45) is 5.92 Å². The largest absolute Gasteiger partial charge is 0.382 e. The van der Waals surface area contributed by atoms with E-state index in [4.69, 9.17) is 0 Å². The molecule has 0 saturated carbocycles. The first-order valence-corrected chi connectivity index (χ1v) is 9.89. The second-order valence-electron chi connectivity index (χ2n) is 6.60. The van der Waals surface area contributed by atoms with E-state index in [0.29, 0.717) is 17.5 Å². The Balaban J connectivity index is 2.18. The maximum atomic E-state index is 12.7. The Morgan fingerprint density at radius 3 is 2.35 bits per heavy atom. The zero-order valence-corrected chi connectivity index (χ0v) is 15.1. The fourth-order valence-electron chi connectivity index (χ4n) is 2.52. The third kappa shape index (κ3) is 4.25. The summed E-state index contributed by atoms with van der Waals surface area (Å²) in [7, 11) is -2.98. The molecule has 0 bridgehead atoms. The molecule has 1 aromatic rings. The summed E-state index contributed by atoms with van der Waals surface area (Å²) in [5, 5.41) is 3.45. The van der Waals surface area contributed by atoms with Gasteiger partial charge >= 0.3 is 0 Å². The lowest BCUT2D eigenvalue weighted by atomic mass is 10.0. The Kier molecular flexibility index (Phi) is 5.34. The van der Waals surface area contributed by atoms with Crippen molar-refractivity contribution in [3.05, 3.63) is 29.3 Å². The van der Waals surface area contributed by atoms with Crippen molar-refractivity contribution in [1.82, 2.24) is 4.90 Å². The van der Waals surface area contributed by atoms with Gasteiger partial charge in [0.15, 0.2) is 9.84 Å². The molecule has 0 aliphatic carbocycles. The van der Waals surface area contributed by atoms with Crippen LogP contribution < -0.4 is 5.32 Å². The molecule has 1 atom stereocenters. The van der Waals surface area contributed by atoms with Gasteiger partial charge in [-0.25, -0.2) is 8.42 Å². The first kappa shape index (κ1) is 17.8. The van der Waals surface area contributed by atoms with Gasteiger partial charge in [0, 0.05) is 30.4 Å². The van der Waals surface area contributed by atoms with Crippen LogP contribution in [0.25, 0.3) is 0 Å². The van der Waals surface area contributed by atoms with E-state index in [-0.39, 0.29) is 30.5 Å². The Hall–Kier alpha value is -1.56. The number of hydrogen-bond donors (Lipinski definition) is 1. The third-order valence-corrected chi connectivity index (χ3v) is 6.19. The highest BCUT2D eigenvalue weighted by Crippen LogP contribution is 2.23. The summed E-state index contributed by atoms with van der Waals surface area (Å²) in [5.74, 6) is 0.513. The minimum atomic E-state index is -2.98. The molecule has 0 aromatic heterocycles. The Bertz CT molecular complexity index is 669. The molecule has 0 radical (unpaired) electrons. The molecule has 0 unspecified atom stereocenters. The molecule has 1 aromatic carbocycles. The summed E-state index contributed by atoms with van der Waals surface area (Å²) in [6, 6.07) is 5.97. The van der Waals surface area contributed by atoms with Crippen LogP contribution in [0.15, 0.2) is 18.2 Å². The van der Waals surface area contributed by atoms with Gasteiger partial charge in [-0.15, -0.1) is 0 Å². The third-order valence-electron chi connectivity index (χ3n) is 4.58. The maximum Gasteiger partial charge on any atom is 0.254 e. The number of nitrogens with zero attached hydrogens (tertiary/aromatic N) is 1. The molecule has 1 aliphatic heterocycles. The predicted molar refractivity (Wildman–Crippen MR) is 93.7 cm³/mol. The van der Waals surface area contributed by atoms with Gasteiger partial charge in [-0.1, -0.05) is 19.9 Å². The van der Waals surface area contributed by atoms with Gasteiger partial charge in [-0.2, -0.15) is 0 Å². The molecule has 23 heavy (non-hydrogen) atoms. The Morgan fingerprint density at radius 1 is 1.17 bits per heavy atom. The van der Waals surface area contributed by atoms with Gasteiger partial charge in [0.05, 0.1) is 11.5 Å². The van der Waals surface area contributed by atoms with E-state index in [2.05, 4.69) is 26.1 Å². The van der Waals surface area contributed by atoms with Crippen LogP contribution in [0.4, 0.5) is 5.69 Å². The van der Waals surface area contributed by atoms with Gasteiger partial charge in [-0.05, 0) is 37.5 Å². The van der Waals surface area contributed by atoms with Crippen molar-refractivity contribution in [3.8, 4) is 0 Å². The van der Waals surface area contributed by atoms with Crippen molar-refractivity contribution in [2.45, 2.75) is 33.7 Å². The first-order valence-electron chi connectivity index (χ1n) is 8.07. The minimum absolute atomic E-state index is 0.0557. The number of carbonyl (C=O) groups excluding carboxylic acids is 1. The molecule has 1 fully saturated rings. The van der Waals surface area contributed by atoms with E-state index in [1.807, 2.05) is 25.1 Å². The second kappa shape index (κ2) is 6.91. The summed E-state index contributed by atoms with van der Waals surface area (Å²) in [4.78, 5) is 14.3. The zero-order chi connectivity index (χ0) is 17.2. The van der Waals surface area contributed by atoms with Crippen LogP contribution in [-0.2, 0) is 9.84 Å². The SMILES string of the molecule is Cc1c(N[C@@H](C)C(C)C)cccc1C(=O)N1CCS(=O)(=O)CC1. The average molecular weight is 338 g/mol. The quantitative estimate of drug-likeness (QED) is 0.915. The van der Waals surface area contributed by atoms with E-state index >= 15 is 0 Å². The number of sulfone groups is 1. The topological polar surface area (TPSA) is 66.5 Å². The van der Waals surface area contributed by atoms with Gasteiger partial charge in [0.25, 0.3) is 5.91 Å². The number of rotatable bonds is 4. The standard InChI is InChI=1S/C17H26N2O3S/c1-12(2)14(4)18-16-7-5-6-15(13(16)3)17(20)19-8-10-23(21,22)11-9-19/h5-7,12,14,18H,8-11H2,1-4H3/t14-/m0/s1. The molecule has 1 saturated heterocycles. The van der Waals surface area contributed by atoms with Crippen LogP contribution in [0.5, 0.6) is 0 Å². The van der Waals surface area contributed by atoms with Crippen LogP contribution in [0.1, 0.15) is 36.7 Å². The average Bonchev–Trinajstić information content (AvgIpc) is 2.48. The van der Waals surface area contributed by atoms with E-state index in [0.717, 1.165) is 11.3 Å². The summed E-state index contributed by atoms with van der Waals surface area (Å²) >= 11 is 0. The van der Waals surface area contributed by atoms with Crippen molar-refractivity contribution in [3.63, 3.8) is 0 Å². The number of anilines is 1. The Labute approximate surface area is 139 Å². The fraction of sp³-hybridized carbons (Fsp3) is 0.588. The monoisotopic (exact) mass is 338 g/mol. The highest BCUT2D eigenvalue weighted by molar-refractivity contribution is 7.91. The predicted octanol–water partition coefficient (Wildman–Crippen LogP) is 2.32. The number of carbonyl (C=O) groups is 1. The van der Waals surface area contributed by atoms with Crippen LogP contribution in [0.2, 0.25) is 0 Å². The van der Waals surface area contributed by atoms with E-state index < -0.39 is 9.84 Å². The minimum Gasteiger partial charge on any atom is -0.382 e. The van der Waals surface area contributed by atoms with Crippen molar-refractivity contribution in [1.29, 1.82) is 0 Å². The molecule has 1 heterocycles. The van der Waals surface area contributed by atoms with E-state index in [1.54, 1.807) is 4.90 Å². The number of benzene rings is 1. The van der Waals surface area contributed by atoms with E-state index in [1.165, 1.54) is 0 Å². The zero-order valence-electron chi connectivity index (χ0n) is 14.3. The van der Waals surface area contributed by atoms with E-state index in [9.17, 15) is 13.2 Å². The highest BCUT2D eigenvalue weighted by Gasteiger charge is 2.26. The molecule has 1 aliphatic rings. The fourth-order valence-corrected chi connectivity index (χ4v) is 3.72. The molecular formula is C17H26N2O3S. The number of amides is 1. The molecule has 6 heteroatoms. The molecule has 5 nitrogen and oxygen atoms in total. The van der Waals surface area contributed by atoms with Crippen LogP contribution in [0, 0.1) is 12.8 Å². The Morgan fingerprint density at radius 2 is 1.78 bits per heavy atom. The molecule has 1 amide bonds. The van der Waals surface area contributed by atoms with Gasteiger partial charge in [0.2, 0.25) is 0 Å². The number of nitrogens with one attached hydrogen (secondary N) is 1. The lowest BCUT2D eigenvalue weighted by Gasteiger charge is -2.28. The normalized spacial score (nSPS) is 18.7. The van der Waals surface area contributed by atoms with Gasteiger partial charge < -0.3 is 10.2 Å². The highest BCUT2D eigenvalue weighted by atomic mass is 32.2. The first-order chi connectivity index (χ1) is 10.7. The smallest absolute Gasteiger partial charge is 0.254 e. The molecule has 2 rings (SSSR count). The molecule has 1 N–H and O–H groups in total. The maximum absolute atomic E-state index is 12.7.